The van der Waals surface area contributed by atoms with Crippen LogP contribution in [0.2, 0.25) is 5.02 Å². The molecule has 1 aliphatic heterocycles. The SMILES string of the molecule is CC1(C)OB(c2cc(Cl)c3nccnc3c2)OC1(C)C. The first-order chi connectivity index (χ1) is 9.30. The van der Waals surface area contributed by atoms with Crippen LogP contribution in [0.15, 0.2) is 24.5 Å². The van der Waals surface area contributed by atoms with Crippen molar-refractivity contribution >= 4 is 35.2 Å². The summed E-state index contributed by atoms with van der Waals surface area (Å²) in [5.74, 6) is 0. The molecule has 20 heavy (non-hydrogen) atoms. The predicted octanol–water partition coefficient (Wildman–Crippen LogP) is 2.58. The molecule has 1 saturated heterocycles. The van der Waals surface area contributed by atoms with E-state index in [1.54, 1.807) is 12.4 Å². The van der Waals surface area contributed by atoms with Crippen LogP contribution in [0.25, 0.3) is 11.0 Å². The van der Waals surface area contributed by atoms with Gasteiger partial charge in [0.25, 0.3) is 0 Å². The number of benzene rings is 1. The second-order valence-corrected chi connectivity index (χ2v) is 6.42. The fourth-order valence-electron chi connectivity index (χ4n) is 2.17. The van der Waals surface area contributed by atoms with E-state index in [-0.39, 0.29) is 11.2 Å². The fraction of sp³-hybridized carbons (Fsp3) is 0.429. The molecule has 0 radical (unpaired) electrons. The maximum absolute atomic E-state index is 6.27. The Morgan fingerprint density at radius 2 is 1.60 bits per heavy atom. The molecule has 1 aliphatic rings. The van der Waals surface area contributed by atoms with E-state index < -0.39 is 7.12 Å². The van der Waals surface area contributed by atoms with Gasteiger partial charge in [0.2, 0.25) is 0 Å². The zero-order valence-corrected chi connectivity index (χ0v) is 12.7. The van der Waals surface area contributed by atoms with Gasteiger partial charge in [-0.1, -0.05) is 11.6 Å². The first kappa shape index (κ1) is 13.8. The van der Waals surface area contributed by atoms with Gasteiger partial charge >= 0.3 is 7.12 Å². The highest BCUT2D eigenvalue weighted by atomic mass is 35.5. The molecule has 0 atom stereocenters. The third-order valence-electron chi connectivity index (χ3n) is 4.07. The number of fused-ring (bicyclic) bond motifs is 1. The molecule has 0 amide bonds. The first-order valence-electron chi connectivity index (χ1n) is 6.56. The summed E-state index contributed by atoms with van der Waals surface area (Å²) in [5, 5.41) is 0.556. The molecule has 6 heteroatoms. The Hall–Kier alpha value is -1.17. The Bertz CT molecular complexity index is 659. The van der Waals surface area contributed by atoms with E-state index in [9.17, 15) is 0 Å². The predicted molar refractivity (Wildman–Crippen MR) is 80.3 cm³/mol. The summed E-state index contributed by atoms with van der Waals surface area (Å²) in [5.41, 5.74) is 1.55. The third-order valence-corrected chi connectivity index (χ3v) is 4.36. The second kappa shape index (κ2) is 4.42. The van der Waals surface area contributed by atoms with Crippen molar-refractivity contribution in [3.63, 3.8) is 0 Å². The van der Waals surface area contributed by atoms with Crippen LogP contribution in [-0.4, -0.2) is 28.3 Å². The third kappa shape index (κ3) is 2.10. The lowest BCUT2D eigenvalue weighted by Crippen LogP contribution is -2.41. The summed E-state index contributed by atoms with van der Waals surface area (Å²) in [4.78, 5) is 8.52. The van der Waals surface area contributed by atoms with Gasteiger partial charge in [0, 0.05) is 12.4 Å². The molecule has 0 unspecified atom stereocenters. The highest BCUT2D eigenvalue weighted by molar-refractivity contribution is 6.62. The number of hydrogen-bond donors (Lipinski definition) is 0. The Morgan fingerprint density at radius 3 is 2.25 bits per heavy atom. The van der Waals surface area contributed by atoms with E-state index >= 15 is 0 Å². The molecule has 104 valence electrons. The molecule has 1 aromatic carbocycles. The lowest BCUT2D eigenvalue weighted by atomic mass is 9.79. The molecule has 3 rings (SSSR count). The minimum Gasteiger partial charge on any atom is -0.399 e. The van der Waals surface area contributed by atoms with Gasteiger partial charge in [-0.25, -0.2) is 0 Å². The average molecular weight is 291 g/mol. The topological polar surface area (TPSA) is 44.2 Å². The summed E-state index contributed by atoms with van der Waals surface area (Å²) >= 11 is 6.27. The normalized spacial score (nSPS) is 20.6. The lowest BCUT2D eigenvalue weighted by Gasteiger charge is -2.32. The van der Waals surface area contributed by atoms with Gasteiger partial charge in [0.15, 0.2) is 0 Å². The molecular weight excluding hydrogens is 274 g/mol. The second-order valence-electron chi connectivity index (χ2n) is 6.02. The summed E-state index contributed by atoms with van der Waals surface area (Å²) < 4.78 is 12.0. The van der Waals surface area contributed by atoms with Crippen molar-refractivity contribution in [2.75, 3.05) is 0 Å². The Morgan fingerprint density at radius 1 is 1.00 bits per heavy atom. The Labute approximate surface area is 123 Å². The fourth-order valence-corrected chi connectivity index (χ4v) is 2.44. The molecule has 0 bridgehead atoms. The van der Waals surface area contributed by atoms with Crippen LogP contribution < -0.4 is 5.46 Å². The van der Waals surface area contributed by atoms with Crippen LogP contribution in [-0.2, 0) is 9.31 Å². The van der Waals surface area contributed by atoms with Crippen LogP contribution in [0.5, 0.6) is 0 Å². The quantitative estimate of drug-likeness (QED) is 0.757. The highest BCUT2D eigenvalue weighted by Gasteiger charge is 2.51. The van der Waals surface area contributed by atoms with E-state index in [1.807, 2.05) is 39.8 Å². The van der Waals surface area contributed by atoms with Crippen molar-refractivity contribution in [1.82, 2.24) is 9.97 Å². The summed E-state index contributed by atoms with van der Waals surface area (Å²) in [6, 6.07) is 3.75. The molecule has 0 spiro atoms. The standard InChI is InChI=1S/C14H16BClN2O2/c1-13(2)14(3,4)20-15(19-13)9-7-10(16)12-11(8-9)17-5-6-18-12/h5-8H,1-4H3. The summed E-state index contributed by atoms with van der Waals surface area (Å²) in [7, 11) is -0.441. The van der Waals surface area contributed by atoms with Crippen molar-refractivity contribution in [2.45, 2.75) is 38.9 Å². The van der Waals surface area contributed by atoms with Crippen LogP contribution in [0.1, 0.15) is 27.7 Å². The monoisotopic (exact) mass is 290 g/mol. The average Bonchev–Trinajstić information content (AvgIpc) is 2.58. The van der Waals surface area contributed by atoms with Gasteiger partial charge in [-0.2, -0.15) is 0 Å². The molecule has 2 aromatic rings. The molecule has 0 N–H and O–H groups in total. The lowest BCUT2D eigenvalue weighted by molar-refractivity contribution is 0.00578. The first-order valence-corrected chi connectivity index (χ1v) is 6.94. The van der Waals surface area contributed by atoms with Crippen LogP contribution in [0.4, 0.5) is 0 Å². The van der Waals surface area contributed by atoms with E-state index in [0.29, 0.717) is 10.5 Å². The van der Waals surface area contributed by atoms with Gasteiger partial charge < -0.3 is 9.31 Å². The van der Waals surface area contributed by atoms with E-state index in [1.165, 1.54) is 0 Å². The van der Waals surface area contributed by atoms with E-state index in [4.69, 9.17) is 20.9 Å². The number of hydrogen-bond acceptors (Lipinski definition) is 4. The number of rotatable bonds is 1. The van der Waals surface area contributed by atoms with Crippen LogP contribution in [0.3, 0.4) is 0 Å². The Balaban J connectivity index is 2.04. The Kier molecular flexibility index (Phi) is 3.05. The summed E-state index contributed by atoms with van der Waals surface area (Å²) in [6.45, 7) is 8.09. The molecular formula is C14H16BClN2O2. The minimum atomic E-state index is -0.441. The van der Waals surface area contributed by atoms with Crippen molar-refractivity contribution in [1.29, 1.82) is 0 Å². The van der Waals surface area contributed by atoms with Crippen molar-refractivity contribution in [3.05, 3.63) is 29.5 Å². The van der Waals surface area contributed by atoms with Gasteiger partial charge in [-0.3, -0.25) is 9.97 Å². The number of aromatic nitrogens is 2. The van der Waals surface area contributed by atoms with Gasteiger partial charge in [-0.05, 0) is 45.3 Å². The van der Waals surface area contributed by atoms with E-state index in [0.717, 1.165) is 11.0 Å². The zero-order valence-electron chi connectivity index (χ0n) is 12.0. The van der Waals surface area contributed by atoms with Gasteiger partial charge in [-0.15, -0.1) is 0 Å². The molecule has 1 aromatic heterocycles. The van der Waals surface area contributed by atoms with Crippen LogP contribution >= 0.6 is 11.6 Å². The van der Waals surface area contributed by atoms with Crippen molar-refractivity contribution < 1.29 is 9.31 Å². The zero-order chi connectivity index (χ0) is 14.5. The highest BCUT2D eigenvalue weighted by Crippen LogP contribution is 2.36. The van der Waals surface area contributed by atoms with Gasteiger partial charge in [0.1, 0.15) is 5.52 Å². The summed E-state index contributed by atoms with van der Waals surface area (Å²) in [6.07, 6.45) is 3.27. The van der Waals surface area contributed by atoms with E-state index in [2.05, 4.69) is 9.97 Å². The minimum absolute atomic E-state index is 0.374. The van der Waals surface area contributed by atoms with Gasteiger partial charge in [0.05, 0.1) is 21.7 Å². The van der Waals surface area contributed by atoms with Crippen molar-refractivity contribution in [2.24, 2.45) is 0 Å². The maximum atomic E-state index is 6.27. The molecule has 1 fully saturated rings. The smallest absolute Gasteiger partial charge is 0.399 e. The molecule has 0 aliphatic carbocycles. The number of halogens is 1. The van der Waals surface area contributed by atoms with Crippen molar-refractivity contribution in [3.8, 4) is 0 Å². The maximum Gasteiger partial charge on any atom is 0.494 e. The number of nitrogens with zero attached hydrogens (tertiary/aromatic N) is 2. The molecule has 4 nitrogen and oxygen atoms in total. The molecule has 2 heterocycles. The largest absolute Gasteiger partial charge is 0.494 e. The van der Waals surface area contributed by atoms with Crippen LogP contribution in [0, 0.1) is 0 Å². The molecule has 0 saturated carbocycles.